The summed E-state index contributed by atoms with van der Waals surface area (Å²) in [5.41, 5.74) is 1.04. The van der Waals surface area contributed by atoms with E-state index in [1.54, 1.807) is 55.5 Å². The first kappa shape index (κ1) is 38.7. The van der Waals surface area contributed by atoms with Crippen LogP contribution in [-0.2, 0) is 14.8 Å². The van der Waals surface area contributed by atoms with Gasteiger partial charge in [-0.3, -0.25) is 4.79 Å². The van der Waals surface area contributed by atoms with E-state index in [1.807, 2.05) is 13.8 Å². The van der Waals surface area contributed by atoms with Crippen LogP contribution >= 0.6 is 0 Å². The number of hydrogen-bond acceptors (Lipinski definition) is 10. The van der Waals surface area contributed by atoms with Crippen LogP contribution in [0, 0.1) is 5.92 Å². The second-order valence-electron chi connectivity index (χ2n) is 13.1. The van der Waals surface area contributed by atoms with Crippen LogP contribution in [0.25, 0.3) is 0 Å². The van der Waals surface area contributed by atoms with Gasteiger partial charge < -0.3 is 44.3 Å². The van der Waals surface area contributed by atoms with Gasteiger partial charge in [0.1, 0.15) is 11.5 Å². The fourth-order valence-electron chi connectivity index (χ4n) is 6.01. The highest BCUT2D eigenvalue weighted by atomic mass is 32.2. The van der Waals surface area contributed by atoms with Crippen molar-refractivity contribution in [3.63, 3.8) is 0 Å². The van der Waals surface area contributed by atoms with E-state index in [-0.39, 0.29) is 49.0 Å². The fourth-order valence-corrected chi connectivity index (χ4v) is 7.19. The Morgan fingerprint density at radius 2 is 1.67 bits per heavy atom. The van der Waals surface area contributed by atoms with Gasteiger partial charge >= 0.3 is 6.03 Å². The molecule has 0 aromatic heterocycles. The molecule has 0 radical (unpaired) electrons. The number of carbonyl (C=O) groups is 2. The zero-order valence-corrected chi connectivity index (χ0v) is 31.0. The van der Waals surface area contributed by atoms with Gasteiger partial charge in [-0.05, 0) is 87.7 Å². The molecule has 3 amide bonds. The number of aliphatic hydroxyl groups excluding tert-OH is 1. The predicted octanol–water partition coefficient (Wildman–Crippen LogP) is 5.18. The third-order valence-corrected chi connectivity index (χ3v) is 11.0. The third-order valence-electron chi connectivity index (χ3n) is 9.14. The Bertz CT molecular complexity index is 1810. The Kier molecular flexibility index (Phi) is 12.9. The molecule has 0 aliphatic carbocycles. The van der Waals surface area contributed by atoms with Crippen molar-refractivity contribution in [3.8, 4) is 23.0 Å². The van der Waals surface area contributed by atoms with Gasteiger partial charge in [-0.1, -0.05) is 6.92 Å². The minimum Gasteiger partial charge on any atom is -0.497 e. The number of anilines is 2. The molecule has 3 N–H and O–H groups in total. The molecule has 0 saturated carbocycles. The normalized spacial score (nSPS) is 20.3. The molecule has 4 atom stereocenters. The average molecular weight is 741 g/mol. The van der Waals surface area contributed by atoms with Crippen LogP contribution in [0.1, 0.15) is 50.4 Å². The summed E-state index contributed by atoms with van der Waals surface area (Å²) < 4.78 is 56.9. The molecule has 0 spiro atoms. The van der Waals surface area contributed by atoms with Crippen molar-refractivity contribution < 1.29 is 46.8 Å². The number of sulfonamides is 1. The lowest BCUT2D eigenvalue weighted by Gasteiger charge is -2.35. The van der Waals surface area contributed by atoms with Gasteiger partial charge in [0.25, 0.3) is 5.91 Å². The summed E-state index contributed by atoms with van der Waals surface area (Å²) in [6.07, 6.45) is 1.34. The van der Waals surface area contributed by atoms with Crippen molar-refractivity contribution >= 4 is 33.3 Å². The zero-order valence-electron chi connectivity index (χ0n) is 30.2. The van der Waals surface area contributed by atoms with Crippen LogP contribution in [0.15, 0.2) is 65.6 Å². The van der Waals surface area contributed by atoms with Crippen LogP contribution in [-0.4, -0.2) is 100 Å². The molecule has 14 nitrogen and oxygen atoms in total. The van der Waals surface area contributed by atoms with E-state index in [0.717, 1.165) is 12.8 Å². The van der Waals surface area contributed by atoms with E-state index in [9.17, 15) is 23.1 Å². The number of urea groups is 1. The molecule has 2 aliphatic rings. The molecule has 3 aromatic carbocycles. The molecular formula is C37H48N4O10S. The lowest BCUT2D eigenvalue weighted by Crippen LogP contribution is -2.48. The number of nitrogens with zero attached hydrogens (tertiary/aromatic N) is 2. The van der Waals surface area contributed by atoms with Crippen molar-refractivity contribution in [2.45, 2.75) is 63.2 Å². The molecule has 0 saturated heterocycles. The highest BCUT2D eigenvalue weighted by Crippen LogP contribution is 2.34. The highest BCUT2D eigenvalue weighted by Gasteiger charge is 2.32. The Hall–Kier alpha value is -4.57. The largest absolute Gasteiger partial charge is 0.497 e. The first-order valence-electron chi connectivity index (χ1n) is 17.3. The van der Waals surface area contributed by atoms with Crippen molar-refractivity contribution in [1.29, 1.82) is 0 Å². The fraction of sp³-hybridized carbons (Fsp3) is 0.459. The van der Waals surface area contributed by atoms with Gasteiger partial charge in [0.15, 0.2) is 11.5 Å². The third kappa shape index (κ3) is 9.45. The Labute approximate surface area is 305 Å². The molecule has 5 rings (SSSR count). The van der Waals surface area contributed by atoms with Gasteiger partial charge in [-0.25, -0.2) is 13.2 Å². The monoisotopic (exact) mass is 740 g/mol. The number of methoxy groups -OCH3 is 1. The molecule has 52 heavy (non-hydrogen) atoms. The number of aliphatic hydroxyl groups is 1. The molecule has 282 valence electrons. The maximum Gasteiger partial charge on any atom is 0.323 e. The molecule has 2 aliphatic heterocycles. The number of amides is 3. The lowest BCUT2D eigenvalue weighted by atomic mass is 10.0. The smallest absolute Gasteiger partial charge is 0.323 e. The summed E-state index contributed by atoms with van der Waals surface area (Å²) in [7, 11) is -0.850. The number of likely N-dealkylation sites (N-methyl/N-ethyl adjacent to an activating group) is 1. The minimum absolute atomic E-state index is 0.0354. The van der Waals surface area contributed by atoms with Crippen LogP contribution in [0.5, 0.6) is 23.0 Å². The molecule has 0 unspecified atom stereocenters. The van der Waals surface area contributed by atoms with E-state index in [2.05, 4.69) is 10.6 Å². The first-order chi connectivity index (χ1) is 24.9. The van der Waals surface area contributed by atoms with Crippen molar-refractivity contribution in [2.24, 2.45) is 5.92 Å². The predicted molar refractivity (Wildman–Crippen MR) is 195 cm³/mol. The summed E-state index contributed by atoms with van der Waals surface area (Å²) in [5, 5.41) is 15.8. The zero-order chi connectivity index (χ0) is 37.4. The minimum atomic E-state index is -3.87. The second kappa shape index (κ2) is 17.3. The number of nitrogens with one attached hydrogen (secondary N) is 2. The summed E-state index contributed by atoms with van der Waals surface area (Å²) in [5.74, 6) is 1.21. The SMILES string of the molecule is COc1ccc(S(=O)(=O)N(C)C[C@H]2OCCCC[C@H](C)Oc3ccc(NC(=O)Nc4ccc5c(c4)OCO5)cc3C(=O)N([C@H](C)CO)C[C@@H]2C)cc1. The van der Waals surface area contributed by atoms with Gasteiger partial charge in [-0.15, -0.1) is 0 Å². The van der Waals surface area contributed by atoms with Gasteiger partial charge in [0, 0.05) is 50.1 Å². The van der Waals surface area contributed by atoms with E-state index in [1.165, 1.54) is 35.5 Å². The molecule has 0 bridgehead atoms. The number of benzene rings is 3. The van der Waals surface area contributed by atoms with Gasteiger partial charge in [-0.2, -0.15) is 4.31 Å². The lowest BCUT2D eigenvalue weighted by molar-refractivity contribution is -0.00834. The molecular weight excluding hydrogens is 692 g/mol. The van der Waals surface area contributed by atoms with Gasteiger partial charge in [0.05, 0.1) is 42.4 Å². The van der Waals surface area contributed by atoms with E-state index in [4.69, 9.17) is 23.7 Å². The number of rotatable bonds is 9. The molecule has 0 fully saturated rings. The molecule has 2 heterocycles. The average Bonchev–Trinajstić information content (AvgIpc) is 3.60. The van der Waals surface area contributed by atoms with E-state index >= 15 is 0 Å². The number of hydrogen-bond donors (Lipinski definition) is 3. The summed E-state index contributed by atoms with van der Waals surface area (Å²) in [6.45, 7) is 5.90. The topological polar surface area (TPSA) is 165 Å². The van der Waals surface area contributed by atoms with E-state index in [0.29, 0.717) is 47.4 Å². The number of ether oxygens (including phenoxy) is 5. The number of fused-ring (bicyclic) bond motifs is 2. The van der Waals surface area contributed by atoms with Crippen LogP contribution in [0.4, 0.5) is 16.2 Å². The van der Waals surface area contributed by atoms with Crippen molar-refractivity contribution in [1.82, 2.24) is 9.21 Å². The Balaban J connectivity index is 1.39. The Morgan fingerprint density at radius 3 is 2.37 bits per heavy atom. The first-order valence-corrected chi connectivity index (χ1v) is 18.8. The van der Waals surface area contributed by atoms with Crippen LogP contribution in [0.2, 0.25) is 0 Å². The molecule has 15 heteroatoms. The Morgan fingerprint density at radius 1 is 1.00 bits per heavy atom. The van der Waals surface area contributed by atoms with Gasteiger partial charge in [0.2, 0.25) is 16.8 Å². The summed E-state index contributed by atoms with van der Waals surface area (Å²) >= 11 is 0. The maximum absolute atomic E-state index is 14.4. The molecule has 3 aromatic rings. The van der Waals surface area contributed by atoms with E-state index < -0.39 is 34.1 Å². The number of carbonyl (C=O) groups excluding carboxylic acids is 2. The second-order valence-corrected chi connectivity index (χ2v) is 15.2. The quantitative estimate of drug-likeness (QED) is 0.266. The maximum atomic E-state index is 14.4. The van der Waals surface area contributed by atoms with Crippen LogP contribution in [0.3, 0.4) is 0 Å². The van der Waals surface area contributed by atoms with Crippen molar-refractivity contribution in [2.75, 3.05) is 57.9 Å². The summed E-state index contributed by atoms with van der Waals surface area (Å²) in [6, 6.07) is 14.9. The van der Waals surface area contributed by atoms with Crippen molar-refractivity contribution in [3.05, 3.63) is 66.2 Å². The standard InChI is InChI=1S/C37H48N4O10S/c1-24-20-41(25(2)22-42)36(43)31-18-27(38-37(44)39-28-10-16-33-34(19-28)50-23-49-33)9-15-32(31)51-26(3)8-6-7-17-48-35(24)21-40(4)52(45,46)30-13-11-29(47-5)12-14-30/h9-16,18-19,24-26,35,42H,6-8,17,20-23H2,1-5H3,(H2,38,39,44)/t24-,25+,26-,35+/m0/s1. The van der Waals surface area contributed by atoms with Crippen LogP contribution < -0.4 is 29.6 Å². The highest BCUT2D eigenvalue weighted by molar-refractivity contribution is 7.89. The summed E-state index contributed by atoms with van der Waals surface area (Å²) in [4.78, 5) is 29.1.